The van der Waals surface area contributed by atoms with E-state index in [0.29, 0.717) is 32.6 Å². The average molecular weight is 290 g/mol. The molecule has 2 aromatic rings. The van der Waals surface area contributed by atoms with E-state index in [1.807, 2.05) is 24.3 Å². The Balaban J connectivity index is 1.70. The van der Waals surface area contributed by atoms with Crippen LogP contribution in [0, 0.1) is 0 Å². The highest BCUT2D eigenvalue weighted by atomic mass is 16.4. The summed E-state index contributed by atoms with van der Waals surface area (Å²) in [4.78, 5) is 27.2. The summed E-state index contributed by atoms with van der Waals surface area (Å²) in [6.07, 6.45) is -0.170. The standard InChI is InChI=1S/C14H18N4O3/c19-13-16-11-3-1-2-4-12(11)18(13)7-5-10-9-17(14(20)21)8-6-15-10/h1-4,10,15H,5-9H2,(H,16,19)(H,20,21)/t10-/m1/s1. The Kier molecular flexibility index (Phi) is 3.66. The Bertz CT molecular complexity index is 706. The van der Waals surface area contributed by atoms with Crippen LogP contribution in [0.5, 0.6) is 0 Å². The fourth-order valence-electron chi connectivity index (χ4n) is 2.81. The summed E-state index contributed by atoms with van der Waals surface area (Å²) in [6, 6.07) is 7.65. The highest BCUT2D eigenvalue weighted by Gasteiger charge is 2.22. The largest absolute Gasteiger partial charge is 0.465 e. The number of piperazine rings is 1. The number of aromatic nitrogens is 2. The zero-order valence-electron chi connectivity index (χ0n) is 11.6. The van der Waals surface area contributed by atoms with Gasteiger partial charge in [0.2, 0.25) is 0 Å². The minimum atomic E-state index is -0.884. The van der Waals surface area contributed by atoms with Crippen molar-refractivity contribution in [2.75, 3.05) is 19.6 Å². The van der Waals surface area contributed by atoms with Crippen molar-refractivity contribution in [1.82, 2.24) is 19.8 Å². The summed E-state index contributed by atoms with van der Waals surface area (Å²) in [5.74, 6) is 0. The molecule has 1 saturated heterocycles. The number of carboxylic acid groups (broad SMARTS) is 1. The van der Waals surface area contributed by atoms with Gasteiger partial charge < -0.3 is 20.3 Å². The van der Waals surface area contributed by atoms with Crippen LogP contribution in [-0.2, 0) is 6.54 Å². The van der Waals surface area contributed by atoms with E-state index in [9.17, 15) is 9.59 Å². The molecule has 1 aliphatic heterocycles. The molecule has 7 heteroatoms. The predicted molar refractivity (Wildman–Crippen MR) is 78.6 cm³/mol. The molecule has 1 amide bonds. The summed E-state index contributed by atoms with van der Waals surface area (Å²) >= 11 is 0. The van der Waals surface area contributed by atoms with Crippen LogP contribution in [0.3, 0.4) is 0 Å². The summed E-state index contributed by atoms with van der Waals surface area (Å²) in [6.45, 7) is 2.19. The summed E-state index contributed by atoms with van der Waals surface area (Å²) in [5, 5.41) is 12.3. The molecule has 1 aromatic carbocycles. The first-order valence-electron chi connectivity index (χ1n) is 7.04. The Hall–Kier alpha value is -2.28. The smallest absolute Gasteiger partial charge is 0.407 e. The average Bonchev–Trinajstić information content (AvgIpc) is 2.81. The van der Waals surface area contributed by atoms with Gasteiger partial charge in [-0.15, -0.1) is 0 Å². The monoisotopic (exact) mass is 290 g/mol. The molecule has 3 N–H and O–H groups in total. The van der Waals surface area contributed by atoms with Crippen molar-refractivity contribution in [2.24, 2.45) is 0 Å². The molecule has 21 heavy (non-hydrogen) atoms. The second-order valence-corrected chi connectivity index (χ2v) is 5.27. The first-order valence-corrected chi connectivity index (χ1v) is 7.04. The topological polar surface area (TPSA) is 90.4 Å². The summed E-state index contributed by atoms with van der Waals surface area (Å²) in [5.41, 5.74) is 1.58. The van der Waals surface area contributed by atoms with Crippen LogP contribution >= 0.6 is 0 Å². The van der Waals surface area contributed by atoms with Gasteiger partial charge in [0.25, 0.3) is 0 Å². The number of hydrogen-bond acceptors (Lipinski definition) is 3. The van der Waals surface area contributed by atoms with Gasteiger partial charge in [-0.1, -0.05) is 12.1 Å². The maximum absolute atomic E-state index is 12.0. The number of benzene rings is 1. The van der Waals surface area contributed by atoms with Crippen LogP contribution in [0.25, 0.3) is 11.0 Å². The third-order valence-electron chi connectivity index (χ3n) is 3.91. The van der Waals surface area contributed by atoms with Crippen molar-refractivity contribution in [3.05, 3.63) is 34.7 Å². The van der Waals surface area contributed by atoms with Crippen molar-refractivity contribution in [1.29, 1.82) is 0 Å². The molecular weight excluding hydrogens is 272 g/mol. The van der Waals surface area contributed by atoms with E-state index < -0.39 is 6.09 Å². The molecule has 0 unspecified atom stereocenters. The van der Waals surface area contributed by atoms with Gasteiger partial charge in [0, 0.05) is 32.2 Å². The van der Waals surface area contributed by atoms with Crippen LogP contribution in [-0.4, -0.2) is 51.3 Å². The Labute approximate surface area is 121 Å². The van der Waals surface area contributed by atoms with Crippen molar-refractivity contribution in [3.63, 3.8) is 0 Å². The molecule has 0 radical (unpaired) electrons. The number of amides is 1. The second-order valence-electron chi connectivity index (χ2n) is 5.27. The van der Waals surface area contributed by atoms with E-state index in [1.54, 1.807) is 4.57 Å². The van der Waals surface area contributed by atoms with Crippen LogP contribution in [0.4, 0.5) is 4.79 Å². The third kappa shape index (κ3) is 2.78. The molecule has 3 rings (SSSR count). The van der Waals surface area contributed by atoms with Gasteiger partial charge in [-0.25, -0.2) is 9.59 Å². The van der Waals surface area contributed by atoms with Crippen molar-refractivity contribution in [3.8, 4) is 0 Å². The maximum atomic E-state index is 12.0. The molecule has 112 valence electrons. The number of hydrogen-bond donors (Lipinski definition) is 3. The number of imidazole rings is 1. The number of carbonyl (C=O) groups is 1. The zero-order valence-corrected chi connectivity index (χ0v) is 11.6. The van der Waals surface area contributed by atoms with Gasteiger partial charge >= 0.3 is 11.8 Å². The number of aryl methyl sites for hydroxylation is 1. The van der Waals surface area contributed by atoms with Gasteiger partial charge in [-0.3, -0.25) is 4.57 Å². The summed E-state index contributed by atoms with van der Waals surface area (Å²) in [7, 11) is 0. The summed E-state index contributed by atoms with van der Waals surface area (Å²) < 4.78 is 1.71. The van der Waals surface area contributed by atoms with Gasteiger partial charge in [0.15, 0.2) is 0 Å². The molecule has 7 nitrogen and oxygen atoms in total. The highest BCUT2D eigenvalue weighted by molar-refractivity contribution is 5.74. The van der Waals surface area contributed by atoms with E-state index >= 15 is 0 Å². The van der Waals surface area contributed by atoms with Gasteiger partial charge in [-0.2, -0.15) is 0 Å². The molecule has 1 atom stereocenters. The molecule has 0 aliphatic carbocycles. The number of para-hydroxylation sites is 2. The van der Waals surface area contributed by atoms with Crippen LogP contribution in [0.2, 0.25) is 0 Å². The lowest BCUT2D eigenvalue weighted by Crippen LogP contribution is -2.52. The van der Waals surface area contributed by atoms with Crippen LogP contribution in [0.15, 0.2) is 29.1 Å². The minimum Gasteiger partial charge on any atom is -0.465 e. The Morgan fingerprint density at radius 3 is 3.00 bits per heavy atom. The van der Waals surface area contributed by atoms with Gasteiger partial charge in [0.1, 0.15) is 0 Å². The van der Waals surface area contributed by atoms with Crippen molar-refractivity contribution < 1.29 is 9.90 Å². The molecule has 0 spiro atoms. The zero-order chi connectivity index (χ0) is 14.8. The fourth-order valence-corrected chi connectivity index (χ4v) is 2.81. The van der Waals surface area contributed by atoms with E-state index in [1.165, 1.54) is 4.90 Å². The molecule has 0 bridgehead atoms. The SMILES string of the molecule is O=C(O)N1CCN[C@H](CCn2c(=O)[nH]c3ccccc32)C1. The normalized spacial score (nSPS) is 19.0. The third-order valence-corrected chi connectivity index (χ3v) is 3.91. The van der Waals surface area contributed by atoms with E-state index in [0.717, 1.165) is 11.0 Å². The minimum absolute atomic E-state index is 0.0791. The number of aromatic amines is 1. The number of nitrogens with one attached hydrogen (secondary N) is 2. The number of rotatable bonds is 3. The maximum Gasteiger partial charge on any atom is 0.407 e. The second kappa shape index (κ2) is 5.61. The first kappa shape index (κ1) is 13.7. The quantitative estimate of drug-likeness (QED) is 0.775. The van der Waals surface area contributed by atoms with Crippen LogP contribution < -0.4 is 11.0 Å². The lowest BCUT2D eigenvalue weighted by Gasteiger charge is -2.31. The Morgan fingerprint density at radius 1 is 1.38 bits per heavy atom. The lowest BCUT2D eigenvalue weighted by atomic mass is 10.1. The number of H-pyrrole nitrogens is 1. The number of fused-ring (bicyclic) bond motifs is 1. The highest BCUT2D eigenvalue weighted by Crippen LogP contribution is 2.11. The van der Waals surface area contributed by atoms with E-state index in [2.05, 4.69) is 10.3 Å². The van der Waals surface area contributed by atoms with Crippen molar-refractivity contribution >= 4 is 17.1 Å². The molecule has 0 saturated carbocycles. The fraction of sp³-hybridized carbons (Fsp3) is 0.429. The number of nitrogens with zero attached hydrogens (tertiary/aromatic N) is 2. The van der Waals surface area contributed by atoms with E-state index in [4.69, 9.17) is 5.11 Å². The Morgan fingerprint density at radius 2 is 2.19 bits per heavy atom. The molecule has 2 heterocycles. The molecule has 1 aliphatic rings. The van der Waals surface area contributed by atoms with Gasteiger partial charge in [0.05, 0.1) is 11.0 Å². The first-order chi connectivity index (χ1) is 10.1. The molecule has 1 aromatic heterocycles. The predicted octanol–water partition coefficient (Wildman–Crippen LogP) is 0.671. The van der Waals surface area contributed by atoms with Crippen LogP contribution in [0.1, 0.15) is 6.42 Å². The molecule has 1 fully saturated rings. The van der Waals surface area contributed by atoms with Gasteiger partial charge in [-0.05, 0) is 18.6 Å². The van der Waals surface area contributed by atoms with E-state index in [-0.39, 0.29) is 11.7 Å². The molecular formula is C14H18N4O3. The van der Waals surface area contributed by atoms with Crippen molar-refractivity contribution in [2.45, 2.75) is 19.0 Å². The lowest BCUT2D eigenvalue weighted by molar-refractivity contribution is 0.127.